The van der Waals surface area contributed by atoms with Crippen molar-refractivity contribution in [2.45, 2.75) is 107 Å². The second-order valence-electron chi connectivity index (χ2n) is 10.1. The van der Waals surface area contributed by atoms with Crippen molar-refractivity contribution in [3.05, 3.63) is 0 Å². The zero-order chi connectivity index (χ0) is 31.8. The Balaban J connectivity index is -0.000000583. The van der Waals surface area contributed by atoms with E-state index < -0.39 is 20.3 Å². The first-order chi connectivity index (χ1) is 18.7. The number of carbonyl (C=O) groups excluding carboxylic acids is 3. The fraction of sp³-hybridized carbons (Fsp3) is 0.893. The maximum absolute atomic E-state index is 11.7. The van der Waals surface area contributed by atoms with E-state index in [9.17, 15) is 14.4 Å². The van der Waals surface area contributed by atoms with Crippen molar-refractivity contribution in [1.29, 1.82) is 0 Å². The standard InChI is InChI=1S/C14H31NO4Si.C9H18O4.C5H11NO/c1-6-13(5)14(16)15-11-10-12-20(17-7-2,18-8-3)19-9-4;1-4-9(2,3)8(12)13-6-7(11)5-10;1-3-4(2)5(6)7/h13H,6-12H2,1-5H3,(H,15,16);7,10-11H,4-6H2,1-3H3;4H,3H2,1-2H3,(H2,6,7). The Morgan fingerprint density at radius 3 is 1.70 bits per heavy atom. The lowest BCUT2D eigenvalue weighted by Crippen LogP contribution is -2.46. The minimum absolute atomic E-state index is 0.0417. The number of aliphatic hydroxyl groups is 2. The van der Waals surface area contributed by atoms with Crippen LogP contribution >= 0.6 is 0 Å². The summed E-state index contributed by atoms with van der Waals surface area (Å²) in [5.41, 5.74) is 4.39. The summed E-state index contributed by atoms with van der Waals surface area (Å²) in [7, 11) is -2.55. The molecule has 0 radical (unpaired) electrons. The van der Waals surface area contributed by atoms with Crippen molar-refractivity contribution in [1.82, 2.24) is 5.32 Å². The number of esters is 1. The van der Waals surface area contributed by atoms with Gasteiger partial charge in [-0.1, -0.05) is 34.6 Å². The van der Waals surface area contributed by atoms with Crippen LogP contribution < -0.4 is 11.1 Å². The minimum atomic E-state index is -2.55. The highest BCUT2D eigenvalue weighted by molar-refractivity contribution is 6.60. The van der Waals surface area contributed by atoms with E-state index >= 15 is 0 Å². The molecule has 3 atom stereocenters. The first-order valence-corrected chi connectivity index (χ1v) is 16.5. The van der Waals surface area contributed by atoms with Crippen molar-refractivity contribution in [3.8, 4) is 0 Å². The van der Waals surface area contributed by atoms with E-state index in [2.05, 4.69) is 5.32 Å². The number of rotatable bonds is 19. The molecule has 0 bridgehead atoms. The molecule has 240 valence electrons. The molecule has 0 rings (SSSR count). The second-order valence-corrected chi connectivity index (χ2v) is 12.8. The molecule has 3 unspecified atom stereocenters. The predicted molar refractivity (Wildman–Crippen MR) is 159 cm³/mol. The first-order valence-electron chi connectivity index (χ1n) is 14.6. The van der Waals surface area contributed by atoms with Crippen molar-refractivity contribution in [3.63, 3.8) is 0 Å². The van der Waals surface area contributed by atoms with Gasteiger partial charge in [0.25, 0.3) is 0 Å². The lowest BCUT2D eigenvalue weighted by Gasteiger charge is -2.28. The first kappa shape index (κ1) is 42.9. The molecule has 0 aliphatic heterocycles. The van der Waals surface area contributed by atoms with Gasteiger partial charge in [-0.15, -0.1) is 0 Å². The quantitative estimate of drug-likeness (QED) is 0.0992. The average molecular weight is 597 g/mol. The molecule has 11 nitrogen and oxygen atoms in total. The van der Waals surface area contributed by atoms with E-state index in [0.717, 1.165) is 25.3 Å². The third-order valence-corrected chi connectivity index (χ3v) is 9.42. The number of hydrogen-bond acceptors (Lipinski definition) is 9. The molecule has 0 saturated carbocycles. The van der Waals surface area contributed by atoms with Crippen molar-refractivity contribution in [2.75, 3.05) is 39.6 Å². The second kappa shape index (κ2) is 25.2. The molecule has 0 saturated heterocycles. The zero-order valence-corrected chi connectivity index (χ0v) is 27.8. The molecule has 5 N–H and O–H groups in total. The fourth-order valence-corrected chi connectivity index (χ4v) is 5.26. The van der Waals surface area contributed by atoms with E-state index in [1.807, 2.05) is 55.4 Å². The van der Waals surface area contributed by atoms with E-state index in [0.29, 0.717) is 32.8 Å². The molecule has 12 heteroatoms. The number of hydrogen-bond donors (Lipinski definition) is 4. The van der Waals surface area contributed by atoms with E-state index in [-0.39, 0.29) is 42.8 Å². The largest absolute Gasteiger partial charge is 0.500 e. The van der Waals surface area contributed by atoms with Crippen LogP contribution in [0.5, 0.6) is 0 Å². The minimum Gasteiger partial charge on any atom is -0.462 e. The van der Waals surface area contributed by atoms with E-state index in [4.69, 9.17) is 34.0 Å². The topological polar surface area (TPSA) is 167 Å². The Morgan fingerprint density at radius 2 is 1.38 bits per heavy atom. The third-order valence-electron chi connectivity index (χ3n) is 6.26. The molecule has 40 heavy (non-hydrogen) atoms. The van der Waals surface area contributed by atoms with Crippen LogP contribution in [-0.2, 0) is 32.4 Å². The van der Waals surface area contributed by atoms with Gasteiger partial charge in [-0.25, -0.2) is 0 Å². The number of aliphatic hydroxyl groups excluding tert-OH is 2. The predicted octanol–water partition coefficient (Wildman–Crippen LogP) is 3.42. The van der Waals surface area contributed by atoms with Crippen molar-refractivity contribution >= 4 is 26.6 Å². The molecule has 0 aromatic carbocycles. The van der Waals surface area contributed by atoms with Crippen molar-refractivity contribution in [2.24, 2.45) is 23.0 Å². The van der Waals surface area contributed by atoms with E-state index in [1.54, 1.807) is 13.8 Å². The summed E-state index contributed by atoms with van der Waals surface area (Å²) in [6.45, 7) is 20.9. The van der Waals surface area contributed by atoms with Gasteiger partial charge < -0.3 is 39.3 Å². The number of carbonyl (C=O) groups is 3. The van der Waals surface area contributed by atoms with Gasteiger partial charge in [0, 0.05) is 44.2 Å². The Kier molecular flexibility index (Phi) is 27.0. The van der Waals surface area contributed by atoms with Crippen LogP contribution in [0.15, 0.2) is 0 Å². The summed E-state index contributed by atoms with van der Waals surface area (Å²) in [4.78, 5) is 33.1. The maximum atomic E-state index is 11.7. The number of ether oxygens (including phenoxy) is 1. The SMILES string of the molecule is CCC(C)(C)C(=O)OCC(O)CO.CCC(C)C(N)=O.CCO[Si](CCCNC(=O)C(C)CC)(OCC)OCC. The van der Waals surface area contributed by atoms with Crippen LogP contribution in [0.2, 0.25) is 6.04 Å². The lowest BCUT2D eigenvalue weighted by atomic mass is 9.91. The van der Waals surface area contributed by atoms with Crippen LogP contribution in [0.4, 0.5) is 0 Å². The molecule has 0 aliphatic rings. The highest BCUT2D eigenvalue weighted by atomic mass is 28.4. The number of amides is 2. The summed E-state index contributed by atoms with van der Waals surface area (Å²) in [6.07, 6.45) is 2.23. The van der Waals surface area contributed by atoms with Crippen LogP contribution in [0.1, 0.15) is 94.9 Å². The molecule has 0 heterocycles. The smallest absolute Gasteiger partial charge is 0.462 e. The fourth-order valence-electron chi connectivity index (χ4n) is 2.64. The zero-order valence-electron chi connectivity index (χ0n) is 26.8. The molecule has 0 aromatic heterocycles. The average Bonchev–Trinajstić information content (AvgIpc) is 2.93. The lowest BCUT2D eigenvalue weighted by molar-refractivity contribution is -0.157. The van der Waals surface area contributed by atoms with Crippen LogP contribution in [0.25, 0.3) is 0 Å². The Labute approximate surface area is 244 Å². The van der Waals surface area contributed by atoms with Gasteiger partial charge in [0.05, 0.1) is 12.0 Å². The molecule has 2 amide bonds. The maximum Gasteiger partial charge on any atom is 0.500 e. The van der Waals surface area contributed by atoms with Gasteiger partial charge in [-0.3, -0.25) is 14.4 Å². The summed E-state index contributed by atoms with van der Waals surface area (Å²) in [6, 6.07) is 0.739. The summed E-state index contributed by atoms with van der Waals surface area (Å²) < 4.78 is 22.1. The monoisotopic (exact) mass is 596 g/mol. The van der Waals surface area contributed by atoms with Crippen molar-refractivity contribution < 1.29 is 42.6 Å². The number of primary amides is 1. The van der Waals surface area contributed by atoms with Gasteiger partial charge in [0.15, 0.2) is 0 Å². The van der Waals surface area contributed by atoms with E-state index in [1.165, 1.54) is 0 Å². The summed E-state index contributed by atoms with van der Waals surface area (Å²) in [5, 5.41) is 20.3. The van der Waals surface area contributed by atoms with Crippen LogP contribution in [-0.4, -0.2) is 82.5 Å². The molecular weight excluding hydrogens is 536 g/mol. The highest BCUT2D eigenvalue weighted by Crippen LogP contribution is 2.21. The van der Waals surface area contributed by atoms with Crippen LogP contribution in [0, 0.1) is 17.3 Å². The Morgan fingerprint density at radius 1 is 0.900 bits per heavy atom. The van der Waals surface area contributed by atoms with Gasteiger partial charge in [-0.2, -0.15) is 0 Å². The molecule has 0 aliphatic carbocycles. The summed E-state index contributed by atoms with van der Waals surface area (Å²) in [5.74, 6) is -0.323. The molecule has 0 fully saturated rings. The number of nitrogens with two attached hydrogens (primary N) is 1. The third kappa shape index (κ3) is 21.2. The Hall–Kier alpha value is -1.57. The molecule has 0 aromatic rings. The van der Waals surface area contributed by atoms with Gasteiger partial charge in [0.2, 0.25) is 11.8 Å². The van der Waals surface area contributed by atoms with Gasteiger partial charge in [-0.05, 0) is 60.3 Å². The van der Waals surface area contributed by atoms with Gasteiger partial charge in [0.1, 0.15) is 12.7 Å². The van der Waals surface area contributed by atoms with Gasteiger partial charge >= 0.3 is 14.8 Å². The normalized spacial score (nSPS) is 13.5. The number of nitrogens with one attached hydrogen (secondary N) is 1. The molecule has 0 spiro atoms. The molecular formula is C28H60N2O9Si. The Bertz CT molecular complexity index is 649. The summed E-state index contributed by atoms with van der Waals surface area (Å²) >= 11 is 0. The highest BCUT2D eigenvalue weighted by Gasteiger charge is 2.39. The van der Waals surface area contributed by atoms with Crippen LogP contribution in [0.3, 0.4) is 0 Å².